The molecule has 2 bridgehead atoms. The van der Waals surface area contributed by atoms with Crippen LogP contribution in [0.5, 0.6) is 0 Å². The van der Waals surface area contributed by atoms with Crippen molar-refractivity contribution >= 4 is 11.7 Å². The number of fused-ring (bicyclic) bond motifs is 5. The molecule has 0 spiro atoms. The van der Waals surface area contributed by atoms with Crippen molar-refractivity contribution in [3.8, 4) is 11.1 Å². The highest BCUT2D eigenvalue weighted by atomic mass is 19.4. The molecule has 3 aromatic carbocycles. The van der Waals surface area contributed by atoms with E-state index in [1.165, 1.54) is 6.07 Å². The molecule has 0 saturated carbocycles. The molecule has 0 aromatic heterocycles. The fourth-order valence-electron chi connectivity index (χ4n) is 5.94. The van der Waals surface area contributed by atoms with E-state index in [0.717, 1.165) is 40.8 Å². The van der Waals surface area contributed by atoms with E-state index in [4.69, 9.17) is 4.74 Å². The lowest BCUT2D eigenvalue weighted by atomic mass is 9.93. The first-order valence-corrected chi connectivity index (χ1v) is 12.0. The molecule has 2 atom stereocenters. The van der Waals surface area contributed by atoms with Crippen LogP contribution in [0.3, 0.4) is 0 Å². The molecule has 2 aliphatic heterocycles. The SMILES string of the molecule is O=C(OCC1c2ccccc2-c2ccccc21)N1C2C=C(c3ccc(F)c(C(F)(F)F)c3)CC1CC2. The molecule has 3 aliphatic rings. The van der Waals surface area contributed by atoms with Crippen LogP contribution in [0.25, 0.3) is 16.7 Å². The summed E-state index contributed by atoms with van der Waals surface area (Å²) in [5.74, 6) is -1.33. The number of ether oxygens (including phenoxy) is 1. The van der Waals surface area contributed by atoms with Gasteiger partial charge in [-0.3, -0.25) is 4.90 Å². The molecular weight excluding hydrogens is 470 g/mol. The Bertz CT molecular complexity index is 1330. The molecule has 2 unspecified atom stereocenters. The molecule has 0 radical (unpaired) electrons. The monoisotopic (exact) mass is 493 g/mol. The number of rotatable bonds is 3. The molecule has 1 fully saturated rings. The minimum absolute atomic E-state index is 0.0464. The van der Waals surface area contributed by atoms with Crippen LogP contribution in [0, 0.1) is 5.82 Å². The zero-order chi connectivity index (χ0) is 25.0. The second-order valence-electron chi connectivity index (χ2n) is 9.60. The lowest BCUT2D eigenvalue weighted by Gasteiger charge is -2.33. The molecule has 6 rings (SSSR count). The molecule has 1 aliphatic carbocycles. The van der Waals surface area contributed by atoms with Crippen molar-refractivity contribution in [3.63, 3.8) is 0 Å². The largest absolute Gasteiger partial charge is 0.448 e. The summed E-state index contributed by atoms with van der Waals surface area (Å²) < 4.78 is 59.2. The Hall–Kier alpha value is -3.61. The Balaban J connectivity index is 1.20. The zero-order valence-electron chi connectivity index (χ0n) is 19.3. The summed E-state index contributed by atoms with van der Waals surface area (Å²) in [6.07, 6.45) is -1.48. The van der Waals surface area contributed by atoms with Crippen molar-refractivity contribution in [2.45, 2.75) is 43.4 Å². The van der Waals surface area contributed by atoms with Crippen LogP contribution >= 0.6 is 0 Å². The summed E-state index contributed by atoms with van der Waals surface area (Å²) in [7, 11) is 0. The Morgan fingerprint density at radius 1 is 0.944 bits per heavy atom. The second-order valence-corrected chi connectivity index (χ2v) is 9.60. The second kappa shape index (κ2) is 8.50. The van der Waals surface area contributed by atoms with Crippen LogP contribution < -0.4 is 0 Å². The molecular formula is C29H23F4NO2. The van der Waals surface area contributed by atoms with Crippen LogP contribution in [0.2, 0.25) is 0 Å². The van der Waals surface area contributed by atoms with Gasteiger partial charge in [-0.25, -0.2) is 9.18 Å². The molecule has 1 amide bonds. The molecule has 0 N–H and O–H groups in total. The minimum Gasteiger partial charge on any atom is -0.448 e. The van der Waals surface area contributed by atoms with Crippen molar-refractivity contribution in [1.82, 2.24) is 4.90 Å². The number of benzene rings is 3. The first-order chi connectivity index (χ1) is 17.3. The normalized spacial score (nSPS) is 20.7. The van der Waals surface area contributed by atoms with Gasteiger partial charge in [0.2, 0.25) is 0 Å². The Morgan fingerprint density at radius 2 is 1.61 bits per heavy atom. The van der Waals surface area contributed by atoms with Crippen molar-refractivity contribution < 1.29 is 27.1 Å². The highest BCUT2D eigenvalue weighted by Crippen LogP contribution is 2.45. The van der Waals surface area contributed by atoms with E-state index in [9.17, 15) is 22.4 Å². The number of halogens is 4. The summed E-state index contributed by atoms with van der Waals surface area (Å²) in [4.78, 5) is 14.9. The van der Waals surface area contributed by atoms with Crippen LogP contribution in [0.15, 0.2) is 72.8 Å². The van der Waals surface area contributed by atoms with Gasteiger partial charge in [0.05, 0.1) is 11.6 Å². The summed E-state index contributed by atoms with van der Waals surface area (Å²) in [5.41, 5.74) is 4.34. The maximum Gasteiger partial charge on any atom is 0.419 e. The van der Waals surface area contributed by atoms with Crippen LogP contribution in [-0.2, 0) is 10.9 Å². The maximum atomic E-state index is 13.8. The Morgan fingerprint density at radius 3 is 2.25 bits per heavy atom. The molecule has 184 valence electrons. The average molecular weight is 494 g/mol. The summed E-state index contributed by atoms with van der Waals surface area (Å²) in [6.45, 7) is 0.215. The van der Waals surface area contributed by atoms with Gasteiger partial charge in [-0.15, -0.1) is 0 Å². The number of hydrogen-bond donors (Lipinski definition) is 0. The highest BCUT2D eigenvalue weighted by molar-refractivity contribution is 5.79. The fraction of sp³-hybridized carbons (Fsp3) is 0.276. The molecule has 3 aromatic rings. The van der Waals surface area contributed by atoms with Crippen LogP contribution in [0.1, 0.15) is 47.4 Å². The first kappa shape index (κ1) is 22.8. The van der Waals surface area contributed by atoms with E-state index < -0.39 is 23.7 Å². The van der Waals surface area contributed by atoms with E-state index in [2.05, 4.69) is 24.3 Å². The van der Waals surface area contributed by atoms with Gasteiger partial charge in [-0.05, 0) is 64.8 Å². The molecule has 3 nitrogen and oxygen atoms in total. The third-order valence-corrected chi connectivity index (χ3v) is 7.58. The van der Waals surface area contributed by atoms with Gasteiger partial charge in [-0.1, -0.05) is 60.7 Å². The third kappa shape index (κ3) is 3.77. The van der Waals surface area contributed by atoms with Crippen molar-refractivity contribution in [2.24, 2.45) is 0 Å². The number of carbonyl (C=O) groups excluding carboxylic acids is 1. The summed E-state index contributed by atoms with van der Waals surface area (Å²) in [6, 6.07) is 18.9. The van der Waals surface area contributed by atoms with Crippen LogP contribution in [-0.4, -0.2) is 29.7 Å². The van der Waals surface area contributed by atoms with Crippen molar-refractivity contribution in [1.29, 1.82) is 0 Å². The van der Waals surface area contributed by atoms with E-state index in [1.54, 1.807) is 4.90 Å². The van der Waals surface area contributed by atoms with Crippen LogP contribution in [0.4, 0.5) is 22.4 Å². The Kier molecular flexibility index (Phi) is 5.39. The van der Waals surface area contributed by atoms with E-state index in [-0.39, 0.29) is 24.6 Å². The quantitative estimate of drug-likeness (QED) is 0.356. The van der Waals surface area contributed by atoms with Gasteiger partial charge in [0.25, 0.3) is 0 Å². The maximum absolute atomic E-state index is 13.8. The molecule has 7 heteroatoms. The predicted molar refractivity (Wildman–Crippen MR) is 128 cm³/mol. The topological polar surface area (TPSA) is 29.5 Å². The number of carbonyl (C=O) groups is 1. The Labute approximate surface area is 206 Å². The van der Waals surface area contributed by atoms with Gasteiger partial charge in [0, 0.05) is 12.0 Å². The average Bonchev–Trinajstić information content (AvgIpc) is 3.33. The van der Waals surface area contributed by atoms with E-state index in [1.807, 2.05) is 30.3 Å². The first-order valence-electron chi connectivity index (χ1n) is 12.0. The van der Waals surface area contributed by atoms with Gasteiger partial charge < -0.3 is 4.74 Å². The standard InChI is InChI=1S/C29H23F4NO2/c30-27-12-9-17(15-26(27)29(31,32)33)18-13-19-10-11-20(14-18)34(19)28(35)36-16-25-23-7-3-1-5-21(23)22-6-2-4-8-24(22)25/h1-9,12-13,15,19-20,25H,10-11,14,16H2. The van der Waals surface area contributed by atoms with E-state index >= 15 is 0 Å². The predicted octanol–water partition coefficient (Wildman–Crippen LogP) is 7.41. The van der Waals surface area contributed by atoms with Crippen molar-refractivity contribution in [3.05, 3.63) is 101 Å². The van der Waals surface area contributed by atoms with Gasteiger partial charge in [-0.2, -0.15) is 13.2 Å². The van der Waals surface area contributed by atoms with Gasteiger partial charge in [0.1, 0.15) is 12.4 Å². The fourth-order valence-corrected chi connectivity index (χ4v) is 5.94. The van der Waals surface area contributed by atoms with E-state index in [0.29, 0.717) is 24.0 Å². The van der Waals surface area contributed by atoms with Gasteiger partial charge in [0.15, 0.2) is 0 Å². The number of hydrogen-bond acceptors (Lipinski definition) is 2. The summed E-state index contributed by atoms with van der Waals surface area (Å²) >= 11 is 0. The van der Waals surface area contributed by atoms with Crippen molar-refractivity contribution in [2.75, 3.05) is 6.61 Å². The number of nitrogens with zero attached hydrogens (tertiary/aromatic N) is 1. The number of alkyl halides is 3. The zero-order valence-corrected chi connectivity index (χ0v) is 19.3. The minimum atomic E-state index is -4.76. The highest BCUT2D eigenvalue weighted by Gasteiger charge is 2.42. The molecule has 1 saturated heterocycles. The van der Waals surface area contributed by atoms with Gasteiger partial charge >= 0.3 is 12.3 Å². The molecule has 36 heavy (non-hydrogen) atoms. The lowest BCUT2D eigenvalue weighted by molar-refractivity contribution is -0.140. The summed E-state index contributed by atoms with van der Waals surface area (Å²) in [5, 5.41) is 0. The smallest absolute Gasteiger partial charge is 0.419 e. The lowest BCUT2D eigenvalue weighted by Crippen LogP contribution is -2.43. The third-order valence-electron chi connectivity index (χ3n) is 7.58. The molecule has 2 heterocycles. The number of amides is 1.